The number of benzene rings is 2. The SMILES string of the molecule is COc1ccc(CCNc2nc(NCCO)c3ccccc3n2)cc1.Cl. The van der Waals surface area contributed by atoms with Crippen molar-refractivity contribution in [1.82, 2.24) is 9.97 Å². The first-order valence-electron chi connectivity index (χ1n) is 8.28. The van der Waals surface area contributed by atoms with Gasteiger partial charge in [0.1, 0.15) is 11.6 Å². The molecule has 0 aliphatic heterocycles. The van der Waals surface area contributed by atoms with Crippen LogP contribution in [-0.2, 0) is 6.42 Å². The van der Waals surface area contributed by atoms with Gasteiger partial charge >= 0.3 is 0 Å². The highest BCUT2D eigenvalue weighted by Gasteiger charge is 2.07. The number of methoxy groups -OCH3 is 1. The van der Waals surface area contributed by atoms with Gasteiger partial charge in [-0.1, -0.05) is 24.3 Å². The zero-order valence-electron chi connectivity index (χ0n) is 14.6. The molecule has 3 aromatic rings. The number of para-hydroxylation sites is 1. The first-order valence-corrected chi connectivity index (χ1v) is 8.28. The zero-order chi connectivity index (χ0) is 17.5. The van der Waals surface area contributed by atoms with E-state index < -0.39 is 0 Å². The normalized spacial score (nSPS) is 10.2. The van der Waals surface area contributed by atoms with Crippen LogP contribution in [0.4, 0.5) is 11.8 Å². The van der Waals surface area contributed by atoms with Crippen LogP contribution in [0, 0.1) is 0 Å². The molecule has 0 bridgehead atoms. The molecule has 0 unspecified atom stereocenters. The molecule has 1 heterocycles. The second kappa shape index (κ2) is 9.79. The number of fused-ring (bicyclic) bond motifs is 1. The molecule has 2 aromatic carbocycles. The van der Waals surface area contributed by atoms with E-state index in [1.165, 1.54) is 5.56 Å². The molecule has 1 aromatic heterocycles. The average molecular weight is 375 g/mol. The second-order valence-electron chi connectivity index (χ2n) is 5.59. The summed E-state index contributed by atoms with van der Waals surface area (Å²) in [5, 5.41) is 16.4. The number of anilines is 2. The molecule has 0 amide bonds. The average Bonchev–Trinajstić information content (AvgIpc) is 2.66. The Hall–Kier alpha value is -2.57. The monoisotopic (exact) mass is 374 g/mol. The Bertz CT molecular complexity index is 827. The summed E-state index contributed by atoms with van der Waals surface area (Å²) in [4.78, 5) is 9.09. The van der Waals surface area contributed by atoms with Crippen LogP contribution in [0.5, 0.6) is 5.75 Å². The van der Waals surface area contributed by atoms with Gasteiger partial charge in [-0.3, -0.25) is 0 Å². The number of aromatic nitrogens is 2. The van der Waals surface area contributed by atoms with Gasteiger partial charge in [0.05, 0.1) is 19.2 Å². The van der Waals surface area contributed by atoms with Crippen LogP contribution < -0.4 is 15.4 Å². The molecule has 0 aliphatic carbocycles. The Kier molecular flexibility index (Phi) is 7.44. The molecule has 3 rings (SSSR count). The molecular formula is C19H23ClN4O2. The fourth-order valence-corrected chi connectivity index (χ4v) is 2.58. The number of halogens is 1. The summed E-state index contributed by atoms with van der Waals surface area (Å²) in [6, 6.07) is 15.8. The first-order chi connectivity index (χ1) is 12.3. The van der Waals surface area contributed by atoms with Crippen LogP contribution >= 0.6 is 12.4 Å². The number of hydrogen-bond donors (Lipinski definition) is 3. The van der Waals surface area contributed by atoms with E-state index in [0.29, 0.717) is 12.5 Å². The summed E-state index contributed by atoms with van der Waals surface area (Å²) in [7, 11) is 1.66. The van der Waals surface area contributed by atoms with Gasteiger partial charge in [0.2, 0.25) is 5.95 Å². The largest absolute Gasteiger partial charge is 0.497 e. The summed E-state index contributed by atoms with van der Waals surface area (Å²) in [5.74, 6) is 2.16. The highest BCUT2D eigenvalue weighted by atomic mass is 35.5. The lowest BCUT2D eigenvalue weighted by atomic mass is 10.1. The number of nitrogens with one attached hydrogen (secondary N) is 2. The van der Waals surface area contributed by atoms with Gasteiger partial charge in [-0.15, -0.1) is 12.4 Å². The minimum atomic E-state index is 0. The van der Waals surface area contributed by atoms with E-state index in [-0.39, 0.29) is 19.0 Å². The van der Waals surface area contributed by atoms with Crippen LogP contribution in [-0.4, -0.2) is 41.9 Å². The van der Waals surface area contributed by atoms with Gasteiger partial charge < -0.3 is 20.5 Å². The molecule has 0 aliphatic rings. The van der Waals surface area contributed by atoms with Gasteiger partial charge in [0.25, 0.3) is 0 Å². The molecule has 0 saturated carbocycles. The Morgan fingerprint density at radius 2 is 1.73 bits per heavy atom. The third kappa shape index (κ3) is 4.97. The molecule has 26 heavy (non-hydrogen) atoms. The van der Waals surface area contributed by atoms with Crippen molar-refractivity contribution >= 4 is 35.1 Å². The van der Waals surface area contributed by atoms with Crippen molar-refractivity contribution in [2.24, 2.45) is 0 Å². The third-order valence-corrected chi connectivity index (χ3v) is 3.86. The minimum absolute atomic E-state index is 0. The molecule has 0 atom stereocenters. The highest BCUT2D eigenvalue weighted by Crippen LogP contribution is 2.21. The van der Waals surface area contributed by atoms with Gasteiger partial charge in [-0.25, -0.2) is 4.98 Å². The fraction of sp³-hybridized carbons (Fsp3) is 0.263. The van der Waals surface area contributed by atoms with E-state index in [2.05, 4.69) is 32.7 Å². The summed E-state index contributed by atoms with van der Waals surface area (Å²) in [6.45, 7) is 1.23. The minimum Gasteiger partial charge on any atom is -0.497 e. The predicted octanol–water partition coefficient (Wildman–Crippen LogP) is 3.12. The molecule has 3 N–H and O–H groups in total. The molecular weight excluding hydrogens is 352 g/mol. The van der Waals surface area contributed by atoms with Gasteiger partial charge in [-0.2, -0.15) is 4.98 Å². The summed E-state index contributed by atoms with van der Waals surface area (Å²) in [6.07, 6.45) is 0.861. The maximum Gasteiger partial charge on any atom is 0.225 e. The molecule has 0 fully saturated rings. The highest BCUT2D eigenvalue weighted by molar-refractivity contribution is 5.90. The molecule has 0 spiro atoms. The number of nitrogens with zero attached hydrogens (tertiary/aromatic N) is 2. The fourth-order valence-electron chi connectivity index (χ4n) is 2.58. The lowest BCUT2D eigenvalue weighted by Gasteiger charge is -2.11. The summed E-state index contributed by atoms with van der Waals surface area (Å²) >= 11 is 0. The summed E-state index contributed by atoms with van der Waals surface area (Å²) in [5.41, 5.74) is 2.08. The topological polar surface area (TPSA) is 79.3 Å². The second-order valence-corrected chi connectivity index (χ2v) is 5.59. The van der Waals surface area contributed by atoms with Crippen LogP contribution in [0.2, 0.25) is 0 Å². The Morgan fingerprint density at radius 1 is 0.962 bits per heavy atom. The maximum atomic E-state index is 9.04. The van der Waals surface area contributed by atoms with Crippen molar-refractivity contribution < 1.29 is 9.84 Å². The molecule has 138 valence electrons. The number of aliphatic hydroxyl groups excluding tert-OH is 1. The number of aliphatic hydroxyl groups is 1. The van der Waals surface area contributed by atoms with Crippen molar-refractivity contribution in [3.05, 3.63) is 54.1 Å². The quantitative estimate of drug-likeness (QED) is 0.562. The van der Waals surface area contributed by atoms with Crippen LogP contribution in [0.1, 0.15) is 5.56 Å². The lowest BCUT2D eigenvalue weighted by molar-refractivity contribution is 0.311. The van der Waals surface area contributed by atoms with E-state index in [4.69, 9.17) is 9.84 Å². The lowest BCUT2D eigenvalue weighted by Crippen LogP contribution is -2.12. The predicted molar refractivity (Wildman–Crippen MR) is 108 cm³/mol. The molecule has 0 saturated heterocycles. The molecule has 6 nitrogen and oxygen atoms in total. The van der Waals surface area contributed by atoms with Gasteiger partial charge in [0.15, 0.2) is 0 Å². The Labute approximate surface area is 159 Å². The van der Waals surface area contributed by atoms with Crippen molar-refractivity contribution in [2.45, 2.75) is 6.42 Å². The summed E-state index contributed by atoms with van der Waals surface area (Å²) < 4.78 is 5.17. The van der Waals surface area contributed by atoms with Crippen molar-refractivity contribution in [2.75, 3.05) is 37.4 Å². The third-order valence-electron chi connectivity index (χ3n) is 3.86. The van der Waals surface area contributed by atoms with E-state index in [0.717, 1.165) is 35.4 Å². The van der Waals surface area contributed by atoms with E-state index in [1.54, 1.807) is 7.11 Å². The van der Waals surface area contributed by atoms with E-state index in [9.17, 15) is 0 Å². The van der Waals surface area contributed by atoms with Gasteiger partial charge in [-0.05, 0) is 36.2 Å². The molecule has 0 radical (unpaired) electrons. The number of rotatable bonds is 8. The smallest absolute Gasteiger partial charge is 0.225 e. The maximum absolute atomic E-state index is 9.04. The number of ether oxygens (including phenoxy) is 1. The first kappa shape index (κ1) is 19.8. The Morgan fingerprint density at radius 3 is 2.46 bits per heavy atom. The van der Waals surface area contributed by atoms with E-state index in [1.807, 2.05) is 36.4 Å². The number of hydrogen-bond acceptors (Lipinski definition) is 6. The molecule has 7 heteroatoms. The van der Waals surface area contributed by atoms with E-state index >= 15 is 0 Å². The van der Waals surface area contributed by atoms with Crippen molar-refractivity contribution in [3.63, 3.8) is 0 Å². The van der Waals surface area contributed by atoms with Crippen molar-refractivity contribution in [1.29, 1.82) is 0 Å². The van der Waals surface area contributed by atoms with Crippen molar-refractivity contribution in [3.8, 4) is 5.75 Å². The van der Waals surface area contributed by atoms with Crippen LogP contribution in [0.3, 0.4) is 0 Å². The van der Waals surface area contributed by atoms with Crippen LogP contribution in [0.15, 0.2) is 48.5 Å². The van der Waals surface area contributed by atoms with Gasteiger partial charge in [0, 0.05) is 18.5 Å². The zero-order valence-corrected chi connectivity index (χ0v) is 15.4. The standard InChI is InChI=1S/C19H22N4O2.ClH/c1-25-15-8-6-14(7-9-15)10-11-21-19-22-17-5-3-2-4-16(17)18(23-19)20-12-13-24;/h2-9,24H,10-13H2,1H3,(H2,20,21,22,23);1H. The van der Waals surface area contributed by atoms with Crippen LogP contribution in [0.25, 0.3) is 10.9 Å². The Balaban J connectivity index is 0.00000243.